The largest absolute Gasteiger partial charge is 0.316 e. The van der Waals surface area contributed by atoms with Crippen LogP contribution in [0.25, 0.3) is 0 Å². The summed E-state index contributed by atoms with van der Waals surface area (Å²) in [5.41, 5.74) is 0. The molecule has 0 bridgehead atoms. The highest BCUT2D eigenvalue weighted by Crippen LogP contribution is 2.24. The summed E-state index contributed by atoms with van der Waals surface area (Å²) in [4.78, 5) is 4.28. The molecule has 0 aliphatic carbocycles. The van der Waals surface area contributed by atoms with Crippen LogP contribution in [0.2, 0.25) is 0 Å². The van der Waals surface area contributed by atoms with Gasteiger partial charge in [-0.15, -0.1) is 11.8 Å². The second kappa shape index (κ2) is 3.92. The zero-order valence-corrected chi connectivity index (χ0v) is 7.68. The number of aromatic nitrogens is 1. The molecule has 0 unspecified atom stereocenters. The lowest BCUT2D eigenvalue weighted by atomic mass is 10.4. The Balaban J connectivity index is 1.94. The maximum absolute atomic E-state index is 4.28. The van der Waals surface area contributed by atoms with E-state index in [-0.39, 0.29) is 0 Å². The molecule has 64 valence electrons. The molecule has 0 amide bonds. The first-order valence-electron chi connectivity index (χ1n) is 4.23. The van der Waals surface area contributed by atoms with Gasteiger partial charge in [-0.05, 0) is 25.1 Å². The zero-order chi connectivity index (χ0) is 8.23. The van der Waals surface area contributed by atoms with Crippen molar-refractivity contribution in [2.24, 2.45) is 0 Å². The van der Waals surface area contributed by atoms with Gasteiger partial charge in [0.2, 0.25) is 0 Å². The number of rotatable bonds is 2. The van der Waals surface area contributed by atoms with E-state index in [1.165, 1.54) is 6.42 Å². The molecular formula is C9H12N2S. The SMILES string of the molecule is c1ccc(S[C@H]2CCNC2)nc1. The summed E-state index contributed by atoms with van der Waals surface area (Å²) in [7, 11) is 0. The molecule has 0 spiro atoms. The lowest BCUT2D eigenvalue weighted by Crippen LogP contribution is -2.10. The molecule has 1 aliphatic heterocycles. The first-order valence-corrected chi connectivity index (χ1v) is 5.11. The first kappa shape index (κ1) is 8.08. The topological polar surface area (TPSA) is 24.9 Å². The van der Waals surface area contributed by atoms with E-state index in [0.717, 1.165) is 23.4 Å². The summed E-state index contributed by atoms with van der Waals surface area (Å²) >= 11 is 1.88. The fraction of sp³-hybridized carbons (Fsp3) is 0.444. The van der Waals surface area contributed by atoms with E-state index < -0.39 is 0 Å². The average molecular weight is 180 g/mol. The monoisotopic (exact) mass is 180 g/mol. The van der Waals surface area contributed by atoms with Crippen LogP contribution < -0.4 is 5.32 Å². The Hall–Kier alpha value is -0.540. The first-order chi connectivity index (χ1) is 5.95. The predicted molar refractivity (Wildman–Crippen MR) is 51.4 cm³/mol. The summed E-state index contributed by atoms with van der Waals surface area (Å²) < 4.78 is 0. The van der Waals surface area contributed by atoms with E-state index in [1.807, 2.05) is 30.1 Å². The van der Waals surface area contributed by atoms with Crippen molar-refractivity contribution >= 4 is 11.8 Å². The number of nitrogens with zero attached hydrogens (tertiary/aromatic N) is 1. The quantitative estimate of drug-likeness (QED) is 0.747. The molecule has 1 atom stereocenters. The number of nitrogens with one attached hydrogen (secondary N) is 1. The molecule has 1 saturated heterocycles. The van der Waals surface area contributed by atoms with Crippen molar-refractivity contribution in [2.75, 3.05) is 13.1 Å². The number of hydrogen-bond donors (Lipinski definition) is 1. The van der Waals surface area contributed by atoms with Crippen LogP contribution in [0.3, 0.4) is 0 Å². The van der Waals surface area contributed by atoms with Crippen molar-refractivity contribution in [2.45, 2.75) is 16.7 Å². The van der Waals surface area contributed by atoms with Crippen LogP contribution in [0.15, 0.2) is 29.4 Å². The van der Waals surface area contributed by atoms with Gasteiger partial charge in [-0.25, -0.2) is 4.98 Å². The molecule has 1 aliphatic rings. The van der Waals surface area contributed by atoms with Crippen molar-refractivity contribution in [3.8, 4) is 0 Å². The molecular weight excluding hydrogens is 168 g/mol. The van der Waals surface area contributed by atoms with Gasteiger partial charge in [0.1, 0.15) is 0 Å². The summed E-state index contributed by atoms with van der Waals surface area (Å²) in [6, 6.07) is 6.07. The van der Waals surface area contributed by atoms with Crippen LogP contribution >= 0.6 is 11.8 Å². The minimum Gasteiger partial charge on any atom is -0.316 e. The number of thioether (sulfide) groups is 1. The van der Waals surface area contributed by atoms with Crippen LogP contribution in [-0.2, 0) is 0 Å². The van der Waals surface area contributed by atoms with Crippen molar-refractivity contribution in [3.05, 3.63) is 24.4 Å². The Labute approximate surface area is 76.8 Å². The van der Waals surface area contributed by atoms with Crippen LogP contribution in [0.5, 0.6) is 0 Å². The molecule has 2 nitrogen and oxygen atoms in total. The Morgan fingerprint density at radius 3 is 3.17 bits per heavy atom. The number of pyridine rings is 1. The van der Waals surface area contributed by atoms with Gasteiger partial charge < -0.3 is 5.32 Å². The van der Waals surface area contributed by atoms with Crippen LogP contribution in [-0.4, -0.2) is 23.3 Å². The van der Waals surface area contributed by atoms with Crippen LogP contribution in [0.1, 0.15) is 6.42 Å². The highest BCUT2D eigenvalue weighted by Gasteiger charge is 2.15. The maximum Gasteiger partial charge on any atom is 0.0962 e. The molecule has 1 N–H and O–H groups in total. The summed E-state index contributed by atoms with van der Waals surface area (Å²) in [5.74, 6) is 0. The molecule has 3 heteroatoms. The molecule has 2 rings (SSSR count). The molecule has 0 radical (unpaired) electrons. The lowest BCUT2D eigenvalue weighted by molar-refractivity contribution is 0.858. The average Bonchev–Trinajstić information content (AvgIpc) is 2.59. The molecule has 0 aromatic carbocycles. The highest BCUT2D eigenvalue weighted by molar-refractivity contribution is 7.99. The van der Waals surface area contributed by atoms with Gasteiger partial charge in [0.15, 0.2) is 0 Å². The summed E-state index contributed by atoms with van der Waals surface area (Å²) in [6.45, 7) is 2.28. The molecule has 1 fully saturated rings. The minimum absolute atomic E-state index is 0.722. The van der Waals surface area contributed by atoms with E-state index in [4.69, 9.17) is 0 Å². The maximum atomic E-state index is 4.28. The lowest BCUT2D eigenvalue weighted by Gasteiger charge is -2.05. The van der Waals surface area contributed by atoms with Crippen LogP contribution in [0, 0.1) is 0 Å². The van der Waals surface area contributed by atoms with Crippen molar-refractivity contribution in [3.63, 3.8) is 0 Å². The highest BCUT2D eigenvalue weighted by atomic mass is 32.2. The van der Waals surface area contributed by atoms with E-state index >= 15 is 0 Å². The third-order valence-electron chi connectivity index (χ3n) is 1.94. The summed E-state index contributed by atoms with van der Waals surface area (Å²) in [6.07, 6.45) is 3.12. The van der Waals surface area contributed by atoms with E-state index in [1.54, 1.807) is 0 Å². The van der Waals surface area contributed by atoms with E-state index in [9.17, 15) is 0 Å². The van der Waals surface area contributed by atoms with Gasteiger partial charge in [-0.3, -0.25) is 0 Å². The molecule has 1 aromatic rings. The Morgan fingerprint density at radius 1 is 1.50 bits per heavy atom. The van der Waals surface area contributed by atoms with Gasteiger partial charge >= 0.3 is 0 Å². The minimum atomic E-state index is 0.722. The van der Waals surface area contributed by atoms with Crippen molar-refractivity contribution < 1.29 is 0 Å². The third kappa shape index (κ3) is 1.99. The van der Waals surface area contributed by atoms with Gasteiger partial charge in [-0.2, -0.15) is 0 Å². The normalized spacial score (nSPS) is 22.8. The van der Waals surface area contributed by atoms with Crippen molar-refractivity contribution in [1.29, 1.82) is 0 Å². The fourth-order valence-corrected chi connectivity index (χ4v) is 2.37. The Kier molecular flexibility index (Phi) is 2.64. The second-order valence-electron chi connectivity index (χ2n) is 2.90. The fourth-order valence-electron chi connectivity index (χ4n) is 1.32. The zero-order valence-electron chi connectivity index (χ0n) is 6.86. The molecule has 2 heterocycles. The van der Waals surface area contributed by atoms with Gasteiger partial charge in [0.25, 0.3) is 0 Å². The van der Waals surface area contributed by atoms with Gasteiger partial charge in [0, 0.05) is 18.0 Å². The van der Waals surface area contributed by atoms with Crippen molar-refractivity contribution in [1.82, 2.24) is 10.3 Å². The third-order valence-corrected chi connectivity index (χ3v) is 3.16. The molecule has 1 aromatic heterocycles. The molecule has 0 saturated carbocycles. The Bertz CT molecular complexity index is 232. The van der Waals surface area contributed by atoms with E-state index in [2.05, 4.69) is 16.4 Å². The van der Waals surface area contributed by atoms with E-state index in [0.29, 0.717) is 0 Å². The predicted octanol–water partition coefficient (Wildman–Crippen LogP) is 1.54. The van der Waals surface area contributed by atoms with Crippen LogP contribution in [0.4, 0.5) is 0 Å². The smallest absolute Gasteiger partial charge is 0.0962 e. The Morgan fingerprint density at radius 2 is 2.50 bits per heavy atom. The van der Waals surface area contributed by atoms with Gasteiger partial charge in [-0.1, -0.05) is 6.07 Å². The molecule has 12 heavy (non-hydrogen) atoms. The second-order valence-corrected chi connectivity index (χ2v) is 4.22. The van der Waals surface area contributed by atoms with Gasteiger partial charge in [0.05, 0.1) is 5.03 Å². The summed E-state index contributed by atoms with van der Waals surface area (Å²) in [5, 5.41) is 5.21. The standard InChI is InChI=1S/C9H12N2S/c1-2-5-11-9(3-1)12-8-4-6-10-7-8/h1-3,5,8,10H,4,6-7H2/t8-/m0/s1. The number of hydrogen-bond acceptors (Lipinski definition) is 3.